The minimum Gasteiger partial charge on any atom is -0.348 e. The van der Waals surface area contributed by atoms with Crippen molar-refractivity contribution in [3.05, 3.63) is 18.2 Å². The highest BCUT2D eigenvalue weighted by atomic mass is 32.2. The molecule has 8 heteroatoms. The van der Waals surface area contributed by atoms with Crippen LogP contribution in [0, 0.1) is 0 Å². The molecule has 0 aliphatic carbocycles. The summed E-state index contributed by atoms with van der Waals surface area (Å²) < 4.78 is 29.3. The second-order valence-electron chi connectivity index (χ2n) is 3.26. The minimum atomic E-state index is -3.99. The van der Waals surface area contributed by atoms with Gasteiger partial charge in [0.05, 0.1) is 18.1 Å². The summed E-state index contributed by atoms with van der Waals surface area (Å²) in [5.74, 6) is -0.416. The number of imidazole rings is 1. The smallest absolute Gasteiger partial charge is 0.266 e. The van der Waals surface area contributed by atoms with Gasteiger partial charge in [-0.05, 0) is 0 Å². The van der Waals surface area contributed by atoms with Gasteiger partial charge in [-0.15, -0.1) is 0 Å². The lowest BCUT2D eigenvalue weighted by molar-refractivity contribution is -0.109. The number of carbonyl (C=O) groups excluding carboxylic acids is 1. The molecule has 0 spiro atoms. The molecule has 1 rings (SSSR count). The van der Waals surface area contributed by atoms with Crippen LogP contribution < -0.4 is 5.32 Å². The molecule has 1 unspecified atom stereocenters. The third kappa shape index (κ3) is 5.01. The van der Waals surface area contributed by atoms with Crippen molar-refractivity contribution >= 4 is 16.4 Å². The van der Waals surface area contributed by atoms with Gasteiger partial charge in [-0.2, -0.15) is 8.42 Å². The molecule has 16 heavy (non-hydrogen) atoms. The van der Waals surface area contributed by atoms with Crippen LogP contribution in [0.25, 0.3) is 0 Å². The van der Waals surface area contributed by atoms with Crippen LogP contribution in [0.5, 0.6) is 0 Å². The van der Waals surface area contributed by atoms with Crippen molar-refractivity contribution in [2.24, 2.45) is 0 Å². The number of aldehydes is 1. The van der Waals surface area contributed by atoms with Gasteiger partial charge in [0, 0.05) is 24.9 Å². The number of H-pyrrole nitrogens is 1. The molecule has 3 N–H and O–H groups in total. The Morgan fingerprint density at radius 1 is 1.62 bits per heavy atom. The molecule has 1 heterocycles. The first-order valence-electron chi connectivity index (χ1n) is 4.62. The fourth-order valence-corrected chi connectivity index (χ4v) is 1.55. The number of hydrogen-bond acceptors (Lipinski definition) is 5. The van der Waals surface area contributed by atoms with Gasteiger partial charge in [0.15, 0.2) is 0 Å². The van der Waals surface area contributed by atoms with Crippen LogP contribution in [-0.4, -0.2) is 47.6 Å². The number of aromatic amines is 1. The molecule has 90 valence electrons. The van der Waals surface area contributed by atoms with Crippen molar-refractivity contribution in [1.29, 1.82) is 0 Å². The summed E-state index contributed by atoms with van der Waals surface area (Å²) >= 11 is 0. The van der Waals surface area contributed by atoms with E-state index in [-0.39, 0.29) is 6.54 Å². The van der Waals surface area contributed by atoms with E-state index in [0.717, 1.165) is 5.69 Å². The fraction of sp³-hybridized carbons (Fsp3) is 0.500. The Morgan fingerprint density at radius 3 is 2.88 bits per heavy atom. The van der Waals surface area contributed by atoms with Crippen LogP contribution in [0.4, 0.5) is 0 Å². The summed E-state index contributed by atoms with van der Waals surface area (Å²) in [4.78, 5) is 17.3. The summed E-state index contributed by atoms with van der Waals surface area (Å²) in [5, 5.41) is 2.71. The number of nitrogens with zero attached hydrogens (tertiary/aromatic N) is 1. The van der Waals surface area contributed by atoms with Gasteiger partial charge in [-0.1, -0.05) is 0 Å². The Bertz CT molecular complexity index is 415. The van der Waals surface area contributed by atoms with Gasteiger partial charge < -0.3 is 15.1 Å². The Balaban J connectivity index is 2.35. The second kappa shape index (κ2) is 5.73. The zero-order valence-electron chi connectivity index (χ0n) is 8.46. The Hall–Kier alpha value is -1.25. The van der Waals surface area contributed by atoms with E-state index >= 15 is 0 Å². The molecule has 0 amide bonds. The maximum absolute atomic E-state index is 10.7. The van der Waals surface area contributed by atoms with Gasteiger partial charge in [-0.25, -0.2) is 4.98 Å². The molecule has 0 fully saturated rings. The normalized spacial score (nSPS) is 13.6. The number of nitrogens with one attached hydrogen (secondary N) is 2. The molecule has 0 aliphatic heterocycles. The van der Waals surface area contributed by atoms with Crippen LogP contribution in [0.2, 0.25) is 0 Å². The third-order valence-electron chi connectivity index (χ3n) is 1.93. The monoisotopic (exact) mass is 247 g/mol. The zero-order chi connectivity index (χ0) is 12.0. The lowest BCUT2D eigenvalue weighted by atomic mass is 10.2. The van der Waals surface area contributed by atoms with Crippen molar-refractivity contribution in [3.63, 3.8) is 0 Å². The SMILES string of the molecule is O=CC(Cc1cnc[nH]1)NCCS(=O)(=O)O. The minimum absolute atomic E-state index is 0.0242. The Kier molecular flexibility index (Phi) is 4.59. The van der Waals surface area contributed by atoms with E-state index in [1.807, 2.05) is 0 Å². The first-order chi connectivity index (χ1) is 7.51. The standard InChI is InChI=1S/C8H13N3O4S/c12-5-8(3-7-4-9-6-11-7)10-1-2-16(13,14)15/h4-6,8,10H,1-3H2,(H,9,11)(H,13,14,15). The van der Waals surface area contributed by atoms with E-state index in [4.69, 9.17) is 4.55 Å². The highest BCUT2D eigenvalue weighted by molar-refractivity contribution is 7.85. The zero-order valence-corrected chi connectivity index (χ0v) is 9.27. The lowest BCUT2D eigenvalue weighted by Crippen LogP contribution is -2.36. The largest absolute Gasteiger partial charge is 0.348 e. The highest BCUT2D eigenvalue weighted by Gasteiger charge is 2.10. The molecule has 7 nitrogen and oxygen atoms in total. The summed E-state index contributed by atoms with van der Waals surface area (Å²) in [5.41, 5.74) is 0.774. The molecule has 0 aromatic carbocycles. The van der Waals surface area contributed by atoms with E-state index < -0.39 is 21.9 Å². The average molecular weight is 247 g/mol. The number of rotatable bonds is 7. The summed E-state index contributed by atoms with van der Waals surface area (Å²) in [6.07, 6.45) is 4.16. The predicted octanol–water partition coefficient (Wildman–Crippen LogP) is -1.00. The van der Waals surface area contributed by atoms with Crippen molar-refractivity contribution < 1.29 is 17.8 Å². The van der Waals surface area contributed by atoms with Gasteiger partial charge in [0.25, 0.3) is 10.1 Å². The Labute approximate surface area is 93.0 Å². The van der Waals surface area contributed by atoms with E-state index in [1.54, 1.807) is 6.20 Å². The van der Waals surface area contributed by atoms with Crippen molar-refractivity contribution in [2.45, 2.75) is 12.5 Å². The molecular formula is C8H13N3O4S. The second-order valence-corrected chi connectivity index (χ2v) is 4.84. The van der Waals surface area contributed by atoms with Gasteiger partial charge >= 0.3 is 0 Å². The maximum Gasteiger partial charge on any atom is 0.266 e. The molecule has 1 atom stereocenters. The molecule has 0 bridgehead atoms. The number of carbonyl (C=O) groups is 1. The topological polar surface area (TPSA) is 112 Å². The quantitative estimate of drug-likeness (QED) is 0.421. The van der Waals surface area contributed by atoms with Gasteiger partial charge in [-0.3, -0.25) is 4.55 Å². The van der Waals surface area contributed by atoms with Crippen LogP contribution in [0.15, 0.2) is 12.5 Å². The van der Waals surface area contributed by atoms with Crippen molar-refractivity contribution in [2.75, 3.05) is 12.3 Å². The van der Waals surface area contributed by atoms with E-state index in [0.29, 0.717) is 12.7 Å². The molecule has 0 saturated carbocycles. The van der Waals surface area contributed by atoms with Crippen molar-refractivity contribution in [1.82, 2.24) is 15.3 Å². The predicted molar refractivity (Wildman–Crippen MR) is 56.6 cm³/mol. The molecule has 0 aliphatic rings. The van der Waals surface area contributed by atoms with E-state index in [2.05, 4.69) is 15.3 Å². The molecular weight excluding hydrogens is 234 g/mol. The first kappa shape index (κ1) is 12.8. The lowest BCUT2D eigenvalue weighted by Gasteiger charge is -2.10. The molecule has 1 aromatic rings. The molecule has 1 aromatic heterocycles. The van der Waals surface area contributed by atoms with Gasteiger partial charge in [0.2, 0.25) is 0 Å². The van der Waals surface area contributed by atoms with Gasteiger partial charge in [0.1, 0.15) is 6.29 Å². The molecule has 0 saturated heterocycles. The fourth-order valence-electron chi connectivity index (χ4n) is 1.17. The Morgan fingerprint density at radius 2 is 2.38 bits per heavy atom. The van der Waals surface area contributed by atoms with Crippen LogP contribution >= 0.6 is 0 Å². The number of aromatic nitrogens is 2. The van der Waals surface area contributed by atoms with E-state index in [9.17, 15) is 13.2 Å². The first-order valence-corrected chi connectivity index (χ1v) is 6.23. The third-order valence-corrected chi connectivity index (χ3v) is 2.65. The highest BCUT2D eigenvalue weighted by Crippen LogP contribution is 1.96. The van der Waals surface area contributed by atoms with Crippen LogP contribution in [-0.2, 0) is 21.3 Å². The average Bonchev–Trinajstić information content (AvgIpc) is 2.67. The van der Waals surface area contributed by atoms with E-state index in [1.165, 1.54) is 6.33 Å². The summed E-state index contributed by atoms with van der Waals surface area (Å²) in [7, 11) is -3.99. The van der Waals surface area contributed by atoms with Crippen molar-refractivity contribution in [3.8, 4) is 0 Å². The maximum atomic E-state index is 10.7. The molecule has 0 radical (unpaired) electrons. The number of hydrogen-bond donors (Lipinski definition) is 3. The summed E-state index contributed by atoms with van der Waals surface area (Å²) in [6.45, 7) is 0.0242. The van der Waals surface area contributed by atoms with Crippen LogP contribution in [0.3, 0.4) is 0 Å². The van der Waals surface area contributed by atoms with Crippen LogP contribution in [0.1, 0.15) is 5.69 Å². The summed E-state index contributed by atoms with van der Waals surface area (Å²) in [6, 6.07) is -0.498.